The molecule has 0 spiro atoms. The predicted molar refractivity (Wildman–Crippen MR) is 112 cm³/mol. The van der Waals surface area contributed by atoms with Crippen LogP contribution < -0.4 is 9.64 Å². The van der Waals surface area contributed by atoms with Crippen LogP contribution in [-0.2, 0) is 17.9 Å². The summed E-state index contributed by atoms with van der Waals surface area (Å²) in [5.74, 6) is 0.384. The zero-order chi connectivity index (χ0) is 20.9. The Labute approximate surface area is 176 Å². The van der Waals surface area contributed by atoms with Gasteiger partial charge in [0.1, 0.15) is 18.1 Å². The molecule has 0 saturated heterocycles. The smallest absolute Gasteiger partial charge is 0.250 e. The average molecular weight is 423 g/mol. The average Bonchev–Trinajstić information content (AvgIpc) is 3.44. The number of rotatable bonds is 7. The molecule has 4 rings (SSSR count). The number of ether oxygens (including phenoxy) is 1. The summed E-state index contributed by atoms with van der Waals surface area (Å²) in [6.45, 7) is 0.327. The maximum absolute atomic E-state index is 13.4. The van der Waals surface area contributed by atoms with E-state index in [-0.39, 0.29) is 24.1 Å². The molecular formula is C21H18FN5O2S. The molecule has 4 aromatic rings. The summed E-state index contributed by atoms with van der Waals surface area (Å²) in [5.41, 5.74) is 1.24. The third-order valence-corrected chi connectivity index (χ3v) is 5.25. The molecule has 2 aromatic carbocycles. The first-order chi connectivity index (χ1) is 14.6. The molecule has 2 aromatic heterocycles. The van der Waals surface area contributed by atoms with Crippen LogP contribution in [-0.4, -0.2) is 33.2 Å². The van der Waals surface area contributed by atoms with Crippen LogP contribution in [0.1, 0.15) is 4.88 Å². The minimum atomic E-state index is -0.387. The summed E-state index contributed by atoms with van der Waals surface area (Å²) < 4.78 is 18.6. The van der Waals surface area contributed by atoms with Crippen molar-refractivity contribution in [1.29, 1.82) is 0 Å². The second kappa shape index (κ2) is 8.83. The SMILES string of the molecule is COc1ccc(N(Cc2cccs2)C(=O)Cn2nnc(-c3cccc(F)c3)n2)cc1. The monoisotopic (exact) mass is 423 g/mol. The molecule has 0 N–H and O–H groups in total. The highest BCUT2D eigenvalue weighted by Crippen LogP contribution is 2.23. The fourth-order valence-electron chi connectivity index (χ4n) is 2.90. The van der Waals surface area contributed by atoms with Crippen LogP contribution in [0.25, 0.3) is 11.4 Å². The third kappa shape index (κ3) is 4.52. The summed E-state index contributed by atoms with van der Waals surface area (Å²) in [6.07, 6.45) is 0. The highest BCUT2D eigenvalue weighted by molar-refractivity contribution is 7.09. The normalized spacial score (nSPS) is 10.7. The van der Waals surface area contributed by atoms with Gasteiger partial charge in [0.2, 0.25) is 5.82 Å². The van der Waals surface area contributed by atoms with Crippen molar-refractivity contribution in [2.75, 3.05) is 12.0 Å². The Morgan fingerprint density at radius 3 is 2.70 bits per heavy atom. The molecule has 0 aliphatic carbocycles. The molecule has 1 amide bonds. The van der Waals surface area contributed by atoms with Crippen LogP contribution in [0.2, 0.25) is 0 Å². The minimum Gasteiger partial charge on any atom is -0.497 e. The van der Waals surface area contributed by atoms with Crippen LogP contribution in [0.4, 0.5) is 10.1 Å². The number of hydrogen-bond donors (Lipinski definition) is 0. The number of thiophene rings is 1. The number of carbonyl (C=O) groups is 1. The second-order valence-corrected chi connectivity index (χ2v) is 7.44. The first kappa shape index (κ1) is 19.7. The molecule has 152 valence electrons. The summed E-state index contributed by atoms with van der Waals surface area (Å²) in [5, 5.41) is 14.1. The molecule has 0 atom stereocenters. The molecule has 2 heterocycles. The lowest BCUT2D eigenvalue weighted by molar-refractivity contribution is -0.119. The molecule has 0 aliphatic rings. The van der Waals surface area contributed by atoms with Crippen LogP contribution in [0.15, 0.2) is 66.0 Å². The van der Waals surface area contributed by atoms with Crippen molar-refractivity contribution in [3.8, 4) is 17.1 Å². The molecule has 9 heteroatoms. The van der Waals surface area contributed by atoms with Crippen molar-refractivity contribution in [2.24, 2.45) is 0 Å². The molecule has 30 heavy (non-hydrogen) atoms. The van der Waals surface area contributed by atoms with E-state index in [0.717, 1.165) is 10.6 Å². The Morgan fingerprint density at radius 2 is 2.00 bits per heavy atom. The molecule has 7 nitrogen and oxygen atoms in total. The molecule has 0 saturated carbocycles. The number of methoxy groups -OCH3 is 1. The summed E-state index contributed by atoms with van der Waals surface area (Å²) in [7, 11) is 1.59. The van der Waals surface area contributed by atoms with E-state index in [1.807, 2.05) is 29.6 Å². The van der Waals surface area contributed by atoms with E-state index in [1.54, 1.807) is 47.6 Å². The van der Waals surface area contributed by atoms with Crippen molar-refractivity contribution in [3.63, 3.8) is 0 Å². The summed E-state index contributed by atoms with van der Waals surface area (Å²) >= 11 is 1.58. The Bertz CT molecular complexity index is 1130. The van der Waals surface area contributed by atoms with Gasteiger partial charge in [-0.2, -0.15) is 4.80 Å². The predicted octanol–water partition coefficient (Wildman–Crippen LogP) is 3.78. The van der Waals surface area contributed by atoms with Gasteiger partial charge in [0.05, 0.1) is 13.7 Å². The Morgan fingerprint density at radius 1 is 1.17 bits per heavy atom. The van der Waals surface area contributed by atoms with Crippen molar-refractivity contribution < 1.29 is 13.9 Å². The second-order valence-electron chi connectivity index (χ2n) is 6.41. The van der Waals surface area contributed by atoms with Crippen LogP contribution in [0.5, 0.6) is 5.75 Å². The summed E-state index contributed by atoms with van der Waals surface area (Å²) in [4.78, 5) is 17.0. The Balaban J connectivity index is 1.55. The number of anilines is 1. The number of amides is 1. The number of aromatic nitrogens is 4. The first-order valence-corrected chi connectivity index (χ1v) is 10.0. The highest BCUT2D eigenvalue weighted by atomic mass is 32.1. The Hall–Kier alpha value is -3.59. The van der Waals surface area contributed by atoms with Gasteiger partial charge >= 0.3 is 0 Å². The number of tetrazole rings is 1. The van der Waals surface area contributed by atoms with Gasteiger partial charge < -0.3 is 9.64 Å². The van der Waals surface area contributed by atoms with Gasteiger partial charge in [0.15, 0.2) is 0 Å². The van der Waals surface area contributed by atoms with Crippen molar-refractivity contribution >= 4 is 22.9 Å². The molecule has 0 unspecified atom stereocenters. The van der Waals surface area contributed by atoms with Crippen molar-refractivity contribution in [2.45, 2.75) is 13.1 Å². The number of hydrogen-bond acceptors (Lipinski definition) is 6. The lowest BCUT2D eigenvalue weighted by Crippen LogP contribution is -2.33. The van der Waals surface area contributed by atoms with Gasteiger partial charge in [-0.3, -0.25) is 4.79 Å². The maximum atomic E-state index is 13.4. The van der Waals surface area contributed by atoms with Crippen LogP contribution >= 0.6 is 11.3 Å². The topological polar surface area (TPSA) is 73.1 Å². The van der Waals surface area contributed by atoms with E-state index in [0.29, 0.717) is 17.9 Å². The molecule has 0 fully saturated rings. The molecule has 0 radical (unpaired) electrons. The van der Waals surface area contributed by atoms with Gasteiger partial charge in [-0.05, 0) is 53.1 Å². The number of halogens is 1. The van der Waals surface area contributed by atoms with E-state index in [4.69, 9.17) is 4.74 Å². The zero-order valence-electron chi connectivity index (χ0n) is 16.1. The summed E-state index contributed by atoms with van der Waals surface area (Å²) in [6, 6.07) is 17.1. The number of nitrogens with zero attached hydrogens (tertiary/aromatic N) is 5. The number of benzene rings is 2. The van der Waals surface area contributed by atoms with Crippen LogP contribution in [0.3, 0.4) is 0 Å². The van der Waals surface area contributed by atoms with Gasteiger partial charge in [-0.1, -0.05) is 18.2 Å². The molecule has 0 bridgehead atoms. The van der Waals surface area contributed by atoms with Gasteiger partial charge in [0, 0.05) is 16.1 Å². The van der Waals surface area contributed by atoms with E-state index in [9.17, 15) is 9.18 Å². The fraction of sp³-hybridized carbons (Fsp3) is 0.143. The number of carbonyl (C=O) groups excluding carboxylic acids is 1. The van der Waals surface area contributed by atoms with Gasteiger partial charge in [0.25, 0.3) is 5.91 Å². The molecular weight excluding hydrogens is 405 g/mol. The van der Waals surface area contributed by atoms with Crippen molar-refractivity contribution in [3.05, 3.63) is 76.7 Å². The lowest BCUT2D eigenvalue weighted by atomic mass is 10.2. The third-order valence-electron chi connectivity index (χ3n) is 4.39. The van der Waals surface area contributed by atoms with Crippen molar-refractivity contribution in [1.82, 2.24) is 20.2 Å². The zero-order valence-corrected chi connectivity index (χ0v) is 16.9. The minimum absolute atomic E-state index is 0.0975. The standard InChI is InChI=1S/C21H18FN5O2S/c1-29-18-9-7-17(8-10-18)26(13-19-6-3-11-30-19)20(28)14-27-24-21(23-25-27)15-4-2-5-16(22)12-15/h2-12H,13-14H2,1H3. The van der Waals surface area contributed by atoms with Gasteiger partial charge in [-0.15, -0.1) is 21.5 Å². The largest absolute Gasteiger partial charge is 0.497 e. The Kier molecular flexibility index (Phi) is 5.80. The quantitative estimate of drug-likeness (QED) is 0.452. The first-order valence-electron chi connectivity index (χ1n) is 9.13. The maximum Gasteiger partial charge on any atom is 0.250 e. The van der Waals surface area contributed by atoms with E-state index in [1.165, 1.54) is 16.9 Å². The van der Waals surface area contributed by atoms with E-state index in [2.05, 4.69) is 15.4 Å². The van der Waals surface area contributed by atoms with E-state index >= 15 is 0 Å². The molecule has 0 aliphatic heterocycles. The van der Waals surface area contributed by atoms with Crippen LogP contribution in [0, 0.1) is 5.82 Å². The fourth-order valence-corrected chi connectivity index (χ4v) is 3.60. The lowest BCUT2D eigenvalue weighted by Gasteiger charge is -2.22. The van der Waals surface area contributed by atoms with Gasteiger partial charge in [-0.25, -0.2) is 4.39 Å². The highest BCUT2D eigenvalue weighted by Gasteiger charge is 2.19. The van der Waals surface area contributed by atoms with E-state index < -0.39 is 0 Å².